The summed E-state index contributed by atoms with van der Waals surface area (Å²) in [5, 5.41) is 116. The van der Waals surface area contributed by atoms with E-state index >= 15 is 0 Å². The molecule has 6 rings (SSSR count). The number of benzene rings is 4. The lowest BCUT2D eigenvalue weighted by Crippen LogP contribution is -2.36. The Hall–Kier alpha value is -5.40. The van der Waals surface area contributed by atoms with E-state index in [0.717, 1.165) is 30.3 Å². The van der Waals surface area contributed by atoms with Gasteiger partial charge < -0.3 is 65.6 Å². The number of aromatic hydroxyl groups is 9. The summed E-state index contributed by atoms with van der Waals surface area (Å²) in [6, 6.07) is 8.90. The highest BCUT2D eigenvalue weighted by atomic mass is 16.5. The number of hydrogen-bond donors (Lipinski definition) is 11. The van der Waals surface area contributed by atoms with Gasteiger partial charge in [0.15, 0.2) is 34.9 Å². The molecule has 0 saturated carbocycles. The SMILES string of the molecule is Oc1cc(O)c2c(c1)O[C@H](c1cc(O)c(O)c(O)c1)[C@H](O)C2c1c(O)cc(O)c2c1O[C@H](c1ccc(O)c(O)c1)[C@@H](O)C2. The van der Waals surface area contributed by atoms with Crippen molar-refractivity contribution in [2.75, 3.05) is 0 Å². The van der Waals surface area contributed by atoms with Crippen molar-refractivity contribution in [3.63, 3.8) is 0 Å². The lowest BCUT2D eigenvalue weighted by atomic mass is 9.77. The van der Waals surface area contributed by atoms with Gasteiger partial charge >= 0.3 is 0 Å². The van der Waals surface area contributed by atoms with Crippen molar-refractivity contribution in [1.29, 1.82) is 0 Å². The van der Waals surface area contributed by atoms with Crippen molar-refractivity contribution in [3.8, 4) is 63.2 Å². The van der Waals surface area contributed by atoms with E-state index in [9.17, 15) is 56.2 Å². The van der Waals surface area contributed by atoms with Crippen molar-refractivity contribution < 1.29 is 65.6 Å². The van der Waals surface area contributed by atoms with Crippen molar-refractivity contribution in [2.24, 2.45) is 0 Å². The lowest BCUT2D eigenvalue weighted by molar-refractivity contribution is 0.00108. The molecule has 0 spiro atoms. The Balaban J connectivity index is 1.56. The second-order valence-electron chi connectivity index (χ2n) is 10.5. The molecule has 224 valence electrons. The van der Waals surface area contributed by atoms with Crippen LogP contribution in [0.2, 0.25) is 0 Å². The average Bonchev–Trinajstić information content (AvgIpc) is 2.94. The van der Waals surface area contributed by atoms with Gasteiger partial charge in [-0.05, 0) is 29.8 Å². The van der Waals surface area contributed by atoms with Crippen LogP contribution in [0.1, 0.15) is 45.9 Å². The minimum atomic E-state index is -1.71. The van der Waals surface area contributed by atoms with E-state index in [1.807, 2.05) is 0 Å². The zero-order valence-electron chi connectivity index (χ0n) is 21.9. The van der Waals surface area contributed by atoms with Crippen molar-refractivity contribution in [3.05, 3.63) is 76.3 Å². The van der Waals surface area contributed by atoms with Gasteiger partial charge in [-0.1, -0.05) is 6.07 Å². The number of rotatable bonds is 3. The normalized spacial score (nSPS) is 22.6. The Morgan fingerprint density at radius 3 is 1.88 bits per heavy atom. The topological polar surface area (TPSA) is 241 Å². The third-order valence-corrected chi connectivity index (χ3v) is 7.77. The van der Waals surface area contributed by atoms with Gasteiger partial charge in [-0.25, -0.2) is 0 Å². The molecule has 0 aliphatic carbocycles. The molecule has 0 aromatic heterocycles. The minimum Gasteiger partial charge on any atom is -0.508 e. The molecule has 0 fully saturated rings. The average molecular weight is 595 g/mol. The van der Waals surface area contributed by atoms with Gasteiger partial charge in [0.2, 0.25) is 0 Å². The van der Waals surface area contributed by atoms with Crippen LogP contribution in [-0.4, -0.2) is 68.4 Å². The summed E-state index contributed by atoms with van der Waals surface area (Å²) in [5.41, 5.74) is 0.0126. The number of aliphatic hydroxyl groups is 2. The summed E-state index contributed by atoms with van der Waals surface area (Å²) in [5.74, 6) is -6.87. The molecule has 2 heterocycles. The molecular formula is C30H26O13. The standard InChI is InChI=1S/C30H26O13/c31-12-6-17(35)23-22(7-12)42-29(11-4-19(37)26(40)20(38)5-11)27(41)25(23)24-18(36)9-15(33)13-8-21(39)28(43-30(13)24)10-1-2-14(32)16(34)3-10/h1-7,9,21,25,27-29,31-41H,8H2/t21-,25?,27+,28+,29+/m0/s1. The molecule has 2 aliphatic heterocycles. The quantitative estimate of drug-likeness (QED) is 0.153. The Morgan fingerprint density at radius 1 is 0.558 bits per heavy atom. The van der Waals surface area contributed by atoms with Crippen molar-refractivity contribution >= 4 is 0 Å². The van der Waals surface area contributed by atoms with Crippen LogP contribution >= 0.6 is 0 Å². The predicted octanol–water partition coefficient (Wildman–Crippen LogP) is 2.70. The van der Waals surface area contributed by atoms with Crippen LogP contribution in [0, 0.1) is 0 Å². The van der Waals surface area contributed by atoms with Crippen LogP contribution in [-0.2, 0) is 6.42 Å². The van der Waals surface area contributed by atoms with E-state index in [1.54, 1.807) is 0 Å². The largest absolute Gasteiger partial charge is 0.508 e. The van der Waals surface area contributed by atoms with Gasteiger partial charge in [-0.2, -0.15) is 0 Å². The molecule has 43 heavy (non-hydrogen) atoms. The Labute approximate surface area is 242 Å². The zero-order chi connectivity index (χ0) is 30.9. The minimum absolute atomic E-state index is 0.0281. The first-order valence-corrected chi connectivity index (χ1v) is 12.9. The smallest absolute Gasteiger partial charge is 0.200 e. The van der Waals surface area contributed by atoms with Crippen LogP contribution in [0.25, 0.3) is 0 Å². The molecule has 0 amide bonds. The van der Waals surface area contributed by atoms with E-state index in [4.69, 9.17) is 9.47 Å². The molecule has 13 nitrogen and oxygen atoms in total. The second kappa shape index (κ2) is 9.86. The fourth-order valence-corrected chi connectivity index (χ4v) is 5.78. The third-order valence-electron chi connectivity index (χ3n) is 7.77. The maximum Gasteiger partial charge on any atom is 0.200 e. The number of ether oxygens (including phenoxy) is 2. The summed E-state index contributed by atoms with van der Waals surface area (Å²) in [4.78, 5) is 0. The Bertz CT molecular complexity index is 1750. The van der Waals surface area contributed by atoms with E-state index in [0.29, 0.717) is 0 Å². The van der Waals surface area contributed by atoms with Crippen molar-refractivity contribution in [2.45, 2.75) is 36.8 Å². The van der Waals surface area contributed by atoms with Gasteiger partial charge in [0.05, 0.1) is 12.0 Å². The molecular weight excluding hydrogens is 568 g/mol. The van der Waals surface area contributed by atoms with Crippen LogP contribution in [0.15, 0.2) is 48.5 Å². The molecule has 0 radical (unpaired) electrons. The van der Waals surface area contributed by atoms with E-state index in [-0.39, 0.29) is 45.7 Å². The molecule has 4 aromatic rings. The molecule has 4 aromatic carbocycles. The summed E-state index contributed by atoms with van der Waals surface area (Å²) in [6.07, 6.45) is -5.81. The molecule has 11 N–H and O–H groups in total. The summed E-state index contributed by atoms with van der Waals surface area (Å²) in [6.45, 7) is 0. The highest BCUT2D eigenvalue weighted by Gasteiger charge is 2.46. The van der Waals surface area contributed by atoms with Gasteiger partial charge in [0.25, 0.3) is 0 Å². The van der Waals surface area contributed by atoms with E-state index < -0.39 is 82.1 Å². The molecule has 0 saturated heterocycles. The fourth-order valence-electron chi connectivity index (χ4n) is 5.78. The highest BCUT2D eigenvalue weighted by Crippen LogP contribution is 2.57. The predicted molar refractivity (Wildman–Crippen MR) is 145 cm³/mol. The first-order valence-electron chi connectivity index (χ1n) is 12.9. The maximum atomic E-state index is 11.8. The van der Waals surface area contributed by atoms with E-state index in [1.165, 1.54) is 18.2 Å². The molecule has 2 aliphatic rings. The maximum absolute atomic E-state index is 11.8. The van der Waals surface area contributed by atoms with Crippen LogP contribution in [0.4, 0.5) is 0 Å². The Morgan fingerprint density at radius 2 is 1.21 bits per heavy atom. The molecule has 0 bridgehead atoms. The van der Waals surface area contributed by atoms with Crippen molar-refractivity contribution in [1.82, 2.24) is 0 Å². The summed E-state index contributed by atoms with van der Waals surface area (Å²) in [7, 11) is 0. The molecule has 1 unspecified atom stereocenters. The Kier molecular flexibility index (Phi) is 6.36. The third kappa shape index (κ3) is 4.42. The second-order valence-corrected chi connectivity index (χ2v) is 10.5. The molecule has 5 atom stereocenters. The summed E-state index contributed by atoms with van der Waals surface area (Å²) >= 11 is 0. The van der Waals surface area contributed by atoms with Gasteiger partial charge in [0.1, 0.15) is 46.7 Å². The monoisotopic (exact) mass is 594 g/mol. The first kappa shape index (κ1) is 27.8. The lowest BCUT2D eigenvalue weighted by Gasteiger charge is -2.40. The molecule has 13 heteroatoms. The van der Waals surface area contributed by atoms with E-state index in [2.05, 4.69) is 0 Å². The number of aliphatic hydroxyl groups excluding tert-OH is 2. The number of hydrogen-bond acceptors (Lipinski definition) is 13. The van der Waals surface area contributed by atoms with Crippen LogP contribution < -0.4 is 9.47 Å². The number of fused-ring (bicyclic) bond motifs is 2. The van der Waals surface area contributed by atoms with Gasteiger partial charge in [0, 0.05) is 46.9 Å². The fraction of sp³-hybridized carbons (Fsp3) is 0.200. The highest BCUT2D eigenvalue weighted by molar-refractivity contribution is 5.66. The number of phenols is 9. The van der Waals surface area contributed by atoms with Gasteiger partial charge in [-0.15, -0.1) is 0 Å². The van der Waals surface area contributed by atoms with Crippen LogP contribution in [0.5, 0.6) is 63.2 Å². The first-order chi connectivity index (χ1) is 20.3. The zero-order valence-corrected chi connectivity index (χ0v) is 21.9. The number of phenolic OH excluding ortho intramolecular Hbond substituents is 9. The summed E-state index contributed by atoms with van der Waals surface area (Å²) < 4.78 is 12.0. The van der Waals surface area contributed by atoms with Gasteiger partial charge in [-0.3, -0.25) is 0 Å². The van der Waals surface area contributed by atoms with Crippen LogP contribution in [0.3, 0.4) is 0 Å².